The van der Waals surface area contributed by atoms with E-state index < -0.39 is 67.4 Å². The van der Waals surface area contributed by atoms with Crippen LogP contribution in [0.15, 0.2) is 72.9 Å². The van der Waals surface area contributed by atoms with Crippen LogP contribution in [0, 0.1) is 0 Å². The second kappa shape index (κ2) is 58.5. The Kier molecular flexibility index (Phi) is 55.0. The van der Waals surface area contributed by atoms with E-state index in [0.717, 1.165) is 77.0 Å². The minimum atomic E-state index is -1.62. The summed E-state index contributed by atoms with van der Waals surface area (Å²) >= 11 is 0. The molecule has 8 atom stereocenters. The number of aliphatic hydroxyl groups excluding tert-OH is 5. The van der Waals surface area contributed by atoms with Crippen molar-refractivity contribution < 1.29 is 49.3 Å². The van der Waals surface area contributed by atoms with Crippen LogP contribution in [0.4, 0.5) is 0 Å². The summed E-state index contributed by atoms with van der Waals surface area (Å²) in [6.45, 7) is 5.76. The summed E-state index contributed by atoms with van der Waals surface area (Å²) in [4.78, 5) is 26.6. The normalized spacial score (nSPS) is 19.0. The van der Waals surface area contributed by atoms with E-state index >= 15 is 0 Å². The fourth-order valence-electron chi connectivity index (χ4n) is 10.4. The first-order valence-electron chi connectivity index (χ1n) is 34.2. The number of hydrogen-bond donors (Lipinski definition) is 6. The number of unbranched alkanes of at least 4 members (excludes halogenated alkanes) is 34. The Hall–Kier alpha value is -2.90. The van der Waals surface area contributed by atoms with Gasteiger partial charge in [-0.3, -0.25) is 9.59 Å². The Labute approximate surface area is 502 Å². The van der Waals surface area contributed by atoms with E-state index in [4.69, 9.17) is 14.2 Å². The van der Waals surface area contributed by atoms with Crippen molar-refractivity contribution >= 4 is 11.9 Å². The van der Waals surface area contributed by atoms with Crippen molar-refractivity contribution in [1.29, 1.82) is 0 Å². The zero-order chi connectivity index (χ0) is 59.6. The molecule has 0 aromatic carbocycles. The Balaban J connectivity index is 2.62. The number of hydrogen-bond acceptors (Lipinski definition) is 10. The maximum atomic E-state index is 13.4. The first-order chi connectivity index (χ1) is 40.2. The summed E-state index contributed by atoms with van der Waals surface area (Å²) in [5.74, 6) is -1.22. The van der Waals surface area contributed by atoms with Gasteiger partial charge in [0.25, 0.3) is 0 Å². The maximum Gasteiger partial charge on any atom is 0.306 e. The Morgan fingerprint density at radius 1 is 0.476 bits per heavy atom. The Morgan fingerprint density at radius 3 is 1.29 bits per heavy atom. The van der Waals surface area contributed by atoms with Crippen molar-refractivity contribution in [3.05, 3.63) is 72.9 Å². The lowest BCUT2D eigenvalue weighted by molar-refractivity contribution is -0.305. The number of rotatable bonds is 58. The Morgan fingerprint density at radius 2 is 0.841 bits per heavy atom. The third-order valence-corrected chi connectivity index (χ3v) is 15.8. The highest BCUT2D eigenvalue weighted by atomic mass is 16.7. The molecule has 1 heterocycles. The number of nitrogens with one attached hydrogen (secondary N) is 1. The van der Waals surface area contributed by atoms with Gasteiger partial charge < -0.3 is 45.1 Å². The molecule has 1 aliphatic rings. The molecule has 0 aliphatic carbocycles. The summed E-state index contributed by atoms with van der Waals surface area (Å²) < 4.78 is 17.7. The second-order valence-electron chi connectivity index (χ2n) is 23.6. The molecular weight excluding hydrogens is 1030 g/mol. The van der Waals surface area contributed by atoms with E-state index in [1.54, 1.807) is 6.08 Å². The van der Waals surface area contributed by atoms with Crippen molar-refractivity contribution in [2.24, 2.45) is 0 Å². The monoisotopic (exact) mass is 1150 g/mol. The van der Waals surface area contributed by atoms with Gasteiger partial charge in [0.2, 0.25) is 5.91 Å². The molecular formula is C71H127NO10. The summed E-state index contributed by atoms with van der Waals surface area (Å²) in [6.07, 6.45) is 65.1. The smallest absolute Gasteiger partial charge is 0.306 e. The van der Waals surface area contributed by atoms with Crippen molar-refractivity contribution in [3.8, 4) is 0 Å². The fourth-order valence-corrected chi connectivity index (χ4v) is 10.4. The molecule has 82 heavy (non-hydrogen) atoms. The van der Waals surface area contributed by atoms with Crippen LogP contribution in [0.1, 0.15) is 303 Å². The van der Waals surface area contributed by atoms with Gasteiger partial charge in [0.15, 0.2) is 12.4 Å². The first kappa shape index (κ1) is 77.1. The van der Waals surface area contributed by atoms with Gasteiger partial charge in [0.05, 0.1) is 25.4 Å². The third-order valence-electron chi connectivity index (χ3n) is 15.8. The topological polar surface area (TPSA) is 175 Å². The minimum absolute atomic E-state index is 0.119. The molecule has 1 saturated heterocycles. The van der Waals surface area contributed by atoms with E-state index in [9.17, 15) is 35.1 Å². The maximum absolute atomic E-state index is 13.4. The highest BCUT2D eigenvalue weighted by Crippen LogP contribution is 2.26. The van der Waals surface area contributed by atoms with Crippen molar-refractivity contribution in [2.75, 3.05) is 13.2 Å². The molecule has 1 aliphatic heterocycles. The molecule has 6 N–H and O–H groups in total. The van der Waals surface area contributed by atoms with Crippen molar-refractivity contribution in [3.63, 3.8) is 0 Å². The minimum Gasteiger partial charge on any atom is -0.454 e. The SMILES string of the molecule is CCCCC/C=C\C/C=C\C/C=C\C/C=C\CCCCC(O)C(=O)NC(COC1OC(CO)C(O)C(O)C1OC(=O)CCCCCCCCCCCCCCC/C=C/CCCCCCCC)C(O)/C=C/CCCCCCCCCCCC. The van der Waals surface area contributed by atoms with E-state index in [-0.39, 0.29) is 19.4 Å². The van der Waals surface area contributed by atoms with Crippen LogP contribution < -0.4 is 5.32 Å². The van der Waals surface area contributed by atoms with E-state index in [0.29, 0.717) is 12.8 Å². The molecule has 0 bridgehead atoms. The lowest BCUT2D eigenvalue weighted by Crippen LogP contribution is -2.61. The summed E-state index contributed by atoms with van der Waals surface area (Å²) in [5.41, 5.74) is 0. The zero-order valence-electron chi connectivity index (χ0n) is 52.9. The quantitative estimate of drug-likeness (QED) is 0.0195. The van der Waals surface area contributed by atoms with Gasteiger partial charge in [0, 0.05) is 6.42 Å². The highest BCUT2D eigenvalue weighted by molar-refractivity contribution is 5.80. The Bertz CT molecular complexity index is 1610. The van der Waals surface area contributed by atoms with Crippen LogP contribution in [-0.2, 0) is 23.8 Å². The lowest BCUT2D eigenvalue weighted by Gasteiger charge is -2.41. The van der Waals surface area contributed by atoms with Crippen LogP contribution in [0.3, 0.4) is 0 Å². The second-order valence-corrected chi connectivity index (χ2v) is 23.6. The summed E-state index contributed by atoms with van der Waals surface area (Å²) in [7, 11) is 0. The number of ether oxygens (including phenoxy) is 3. The standard InChI is InChI=1S/C71H127NO10/c1-4-7-10-13-16-19-22-25-27-29-31-32-33-34-35-37-39-41-44-47-50-53-56-59-66(76)82-69-68(78)67(77)65(60-73)81-71(69)80-61-62(63(74)57-54-51-48-45-42-24-21-18-15-12-9-6-3)72-70(79)64(75)58-55-52-49-46-43-40-38-36-30-28-26-23-20-17-14-11-8-5-2/h17,20,25-28,36,38,43,46,54,57,62-65,67-69,71,73-75,77-78H,4-16,18-19,21-24,29-35,37,39-42,44-45,47-53,55-56,58-61H2,1-3H3,(H,72,79)/b20-17-,27-25+,28-26-,38-36-,46-43-,57-54+. The van der Waals surface area contributed by atoms with Gasteiger partial charge in [0.1, 0.15) is 24.4 Å². The average molecular weight is 1150 g/mol. The van der Waals surface area contributed by atoms with Crippen LogP contribution in [0.25, 0.3) is 0 Å². The number of esters is 1. The fraction of sp³-hybridized carbons (Fsp3) is 0.803. The summed E-state index contributed by atoms with van der Waals surface area (Å²) in [5, 5.41) is 57.1. The molecule has 8 unspecified atom stereocenters. The predicted molar refractivity (Wildman–Crippen MR) is 343 cm³/mol. The largest absolute Gasteiger partial charge is 0.454 e. The molecule has 0 spiro atoms. The molecule has 0 aromatic rings. The number of carbonyl (C=O) groups is 2. The molecule has 0 radical (unpaired) electrons. The van der Waals surface area contributed by atoms with Gasteiger partial charge in [-0.15, -0.1) is 0 Å². The van der Waals surface area contributed by atoms with Gasteiger partial charge in [-0.1, -0.05) is 273 Å². The number of amides is 1. The predicted octanol–water partition coefficient (Wildman–Crippen LogP) is 17.1. The molecule has 0 saturated carbocycles. The number of aliphatic hydroxyl groups is 5. The zero-order valence-corrected chi connectivity index (χ0v) is 52.9. The number of allylic oxidation sites excluding steroid dienone is 11. The van der Waals surface area contributed by atoms with Gasteiger partial charge in [-0.25, -0.2) is 0 Å². The van der Waals surface area contributed by atoms with E-state index in [1.165, 1.54) is 180 Å². The van der Waals surface area contributed by atoms with Gasteiger partial charge in [-0.2, -0.15) is 0 Å². The van der Waals surface area contributed by atoms with Crippen LogP contribution in [0.2, 0.25) is 0 Å². The molecule has 1 fully saturated rings. The summed E-state index contributed by atoms with van der Waals surface area (Å²) in [6, 6.07) is -1.04. The average Bonchev–Trinajstić information content (AvgIpc) is 3.68. The van der Waals surface area contributed by atoms with E-state index in [2.05, 4.69) is 86.8 Å². The van der Waals surface area contributed by atoms with Crippen LogP contribution in [0.5, 0.6) is 0 Å². The molecule has 11 nitrogen and oxygen atoms in total. The molecule has 11 heteroatoms. The highest BCUT2D eigenvalue weighted by Gasteiger charge is 2.47. The van der Waals surface area contributed by atoms with Crippen LogP contribution >= 0.6 is 0 Å². The van der Waals surface area contributed by atoms with E-state index in [1.807, 2.05) is 6.08 Å². The molecule has 1 rings (SSSR count). The van der Waals surface area contributed by atoms with Gasteiger partial charge in [-0.05, 0) is 96.3 Å². The molecule has 476 valence electrons. The molecule has 0 aromatic heterocycles. The van der Waals surface area contributed by atoms with Crippen molar-refractivity contribution in [1.82, 2.24) is 5.32 Å². The third kappa shape index (κ3) is 45.5. The molecule has 1 amide bonds. The lowest BCUT2D eigenvalue weighted by atomic mass is 9.99. The number of carbonyl (C=O) groups excluding carboxylic acids is 2. The van der Waals surface area contributed by atoms with Gasteiger partial charge >= 0.3 is 5.97 Å². The van der Waals surface area contributed by atoms with Crippen LogP contribution in [-0.4, -0.2) is 99.6 Å². The first-order valence-corrected chi connectivity index (χ1v) is 34.2. The van der Waals surface area contributed by atoms with Crippen molar-refractivity contribution in [2.45, 2.75) is 352 Å².